The molecule has 0 radical (unpaired) electrons. The predicted octanol–water partition coefficient (Wildman–Crippen LogP) is 2.70. The highest BCUT2D eigenvalue weighted by atomic mass is 16.5. The van der Waals surface area contributed by atoms with E-state index in [2.05, 4.69) is 21.5 Å². The fourth-order valence-electron chi connectivity index (χ4n) is 2.88. The summed E-state index contributed by atoms with van der Waals surface area (Å²) in [6.45, 7) is 0.876. The van der Waals surface area contributed by atoms with Crippen LogP contribution in [0.3, 0.4) is 0 Å². The number of terminal acetylenes is 1. The minimum absolute atomic E-state index is 0.220. The number of benzene rings is 1. The van der Waals surface area contributed by atoms with Crippen LogP contribution in [-0.4, -0.2) is 32.8 Å². The summed E-state index contributed by atoms with van der Waals surface area (Å²) in [5, 5.41) is 6.86. The summed E-state index contributed by atoms with van der Waals surface area (Å²) in [6.07, 6.45) is 11.6. The van der Waals surface area contributed by atoms with E-state index in [4.69, 9.17) is 15.9 Å². The first-order valence-electron chi connectivity index (χ1n) is 8.47. The first-order valence-corrected chi connectivity index (χ1v) is 8.47. The van der Waals surface area contributed by atoms with E-state index in [0.717, 1.165) is 11.5 Å². The van der Waals surface area contributed by atoms with Gasteiger partial charge in [0.15, 0.2) is 17.5 Å². The molecular weight excluding hydrogens is 302 g/mol. The highest BCUT2D eigenvalue weighted by Gasteiger charge is 2.14. The van der Waals surface area contributed by atoms with E-state index < -0.39 is 0 Å². The summed E-state index contributed by atoms with van der Waals surface area (Å²) >= 11 is 0. The van der Waals surface area contributed by atoms with Crippen LogP contribution in [0.1, 0.15) is 37.7 Å². The molecule has 0 heterocycles. The molecule has 5 nitrogen and oxygen atoms in total. The second-order valence-corrected chi connectivity index (χ2v) is 5.88. The molecule has 1 aromatic carbocycles. The topological polar surface area (TPSA) is 54.9 Å². The Kier molecular flexibility index (Phi) is 7.28. The van der Waals surface area contributed by atoms with Crippen molar-refractivity contribution in [1.29, 1.82) is 0 Å². The Hall–Kier alpha value is -2.35. The lowest BCUT2D eigenvalue weighted by Gasteiger charge is -2.25. The highest BCUT2D eigenvalue weighted by Crippen LogP contribution is 2.28. The van der Waals surface area contributed by atoms with E-state index in [1.807, 2.05) is 18.2 Å². The first kappa shape index (κ1) is 18.0. The lowest BCUT2D eigenvalue weighted by Crippen LogP contribution is -2.43. The van der Waals surface area contributed by atoms with Crippen LogP contribution in [-0.2, 0) is 6.54 Å². The molecule has 0 spiro atoms. The molecule has 24 heavy (non-hydrogen) atoms. The molecule has 0 aliphatic heterocycles. The largest absolute Gasteiger partial charge is 0.493 e. The van der Waals surface area contributed by atoms with Gasteiger partial charge in [0.05, 0.1) is 7.11 Å². The van der Waals surface area contributed by atoms with Crippen molar-refractivity contribution in [2.24, 2.45) is 4.99 Å². The summed E-state index contributed by atoms with van der Waals surface area (Å²) in [5.41, 5.74) is 1.08. The molecule has 0 saturated heterocycles. The predicted molar refractivity (Wildman–Crippen MR) is 97.5 cm³/mol. The number of ether oxygens (including phenoxy) is 2. The standard InChI is InChI=1S/C19H27N3O2/c1-4-12-24-18-13-15(10-11-17(18)23-3)14-21-19(20-2)22-16-8-6-5-7-9-16/h1,10-11,13,16H,5-9,12,14H2,2-3H3,(H2,20,21,22). The molecule has 1 fully saturated rings. The number of nitrogens with one attached hydrogen (secondary N) is 2. The van der Waals surface area contributed by atoms with Crippen LogP contribution in [0.2, 0.25) is 0 Å². The van der Waals surface area contributed by atoms with Crippen molar-refractivity contribution in [3.63, 3.8) is 0 Å². The van der Waals surface area contributed by atoms with Gasteiger partial charge in [-0.25, -0.2) is 0 Å². The van der Waals surface area contributed by atoms with Crippen LogP contribution < -0.4 is 20.1 Å². The molecule has 0 bridgehead atoms. The molecule has 2 rings (SSSR count). The second-order valence-electron chi connectivity index (χ2n) is 5.88. The Bertz CT molecular complexity index is 587. The number of nitrogens with zero attached hydrogens (tertiary/aromatic N) is 1. The van der Waals surface area contributed by atoms with Gasteiger partial charge in [-0.05, 0) is 30.5 Å². The van der Waals surface area contributed by atoms with Crippen molar-refractivity contribution in [2.45, 2.75) is 44.7 Å². The van der Waals surface area contributed by atoms with E-state index in [1.54, 1.807) is 14.2 Å². The van der Waals surface area contributed by atoms with Gasteiger partial charge in [0, 0.05) is 19.6 Å². The van der Waals surface area contributed by atoms with Gasteiger partial charge in [0.25, 0.3) is 0 Å². The van der Waals surface area contributed by atoms with Gasteiger partial charge in [-0.2, -0.15) is 0 Å². The fraction of sp³-hybridized carbons (Fsp3) is 0.526. The van der Waals surface area contributed by atoms with Crippen molar-refractivity contribution in [1.82, 2.24) is 10.6 Å². The van der Waals surface area contributed by atoms with Gasteiger partial charge in [0.1, 0.15) is 6.61 Å². The molecule has 0 amide bonds. The van der Waals surface area contributed by atoms with E-state index >= 15 is 0 Å². The van der Waals surface area contributed by atoms with Crippen molar-refractivity contribution >= 4 is 5.96 Å². The van der Waals surface area contributed by atoms with Crippen LogP contribution in [0.25, 0.3) is 0 Å². The van der Waals surface area contributed by atoms with E-state index in [-0.39, 0.29) is 6.61 Å². The van der Waals surface area contributed by atoms with Gasteiger partial charge < -0.3 is 20.1 Å². The van der Waals surface area contributed by atoms with Crippen molar-refractivity contribution in [3.05, 3.63) is 23.8 Å². The zero-order chi connectivity index (χ0) is 17.2. The third kappa shape index (κ3) is 5.38. The Balaban J connectivity index is 1.93. The van der Waals surface area contributed by atoms with Gasteiger partial charge in [-0.15, -0.1) is 6.42 Å². The SMILES string of the molecule is C#CCOc1cc(CNC(=NC)NC2CCCCC2)ccc1OC. The molecule has 0 atom stereocenters. The maximum absolute atomic E-state index is 5.54. The zero-order valence-corrected chi connectivity index (χ0v) is 14.6. The Morgan fingerprint density at radius 2 is 2.08 bits per heavy atom. The summed E-state index contributed by atoms with van der Waals surface area (Å²) in [6, 6.07) is 6.36. The van der Waals surface area contributed by atoms with E-state index in [0.29, 0.717) is 24.1 Å². The van der Waals surface area contributed by atoms with Crippen molar-refractivity contribution < 1.29 is 9.47 Å². The Morgan fingerprint density at radius 1 is 1.29 bits per heavy atom. The smallest absolute Gasteiger partial charge is 0.191 e. The Labute approximate surface area is 144 Å². The van der Waals surface area contributed by atoms with E-state index in [9.17, 15) is 0 Å². The average Bonchev–Trinajstić information content (AvgIpc) is 2.64. The number of hydrogen-bond acceptors (Lipinski definition) is 3. The molecule has 130 valence electrons. The van der Waals surface area contributed by atoms with Crippen LogP contribution in [0.15, 0.2) is 23.2 Å². The minimum atomic E-state index is 0.220. The molecule has 0 unspecified atom stereocenters. The number of aliphatic imine (C=N–C) groups is 1. The first-order chi connectivity index (χ1) is 11.8. The monoisotopic (exact) mass is 329 g/mol. The highest BCUT2D eigenvalue weighted by molar-refractivity contribution is 5.80. The molecule has 1 aliphatic rings. The molecule has 1 aliphatic carbocycles. The summed E-state index contributed by atoms with van der Waals surface area (Å²) in [7, 11) is 3.42. The maximum Gasteiger partial charge on any atom is 0.191 e. The number of hydrogen-bond donors (Lipinski definition) is 2. The Morgan fingerprint density at radius 3 is 2.75 bits per heavy atom. The zero-order valence-electron chi connectivity index (χ0n) is 14.6. The van der Waals surface area contributed by atoms with Gasteiger partial charge >= 0.3 is 0 Å². The lowest BCUT2D eigenvalue weighted by atomic mass is 9.96. The van der Waals surface area contributed by atoms with Crippen LogP contribution in [0.4, 0.5) is 0 Å². The average molecular weight is 329 g/mol. The number of rotatable bonds is 6. The lowest BCUT2D eigenvalue weighted by molar-refractivity contribution is 0.330. The third-order valence-electron chi connectivity index (χ3n) is 4.17. The molecule has 1 aromatic rings. The number of guanidine groups is 1. The number of methoxy groups -OCH3 is 1. The van der Waals surface area contributed by atoms with Crippen molar-refractivity contribution in [2.75, 3.05) is 20.8 Å². The molecule has 1 saturated carbocycles. The summed E-state index contributed by atoms with van der Waals surface area (Å²) in [4.78, 5) is 4.31. The molecule has 0 aromatic heterocycles. The van der Waals surface area contributed by atoms with Gasteiger partial charge in [-0.3, -0.25) is 4.99 Å². The molecule has 2 N–H and O–H groups in total. The normalized spacial score (nSPS) is 15.5. The summed E-state index contributed by atoms with van der Waals surface area (Å²) < 4.78 is 10.8. The molecular formula is C19H27N3O2. The third-order valence-corrected chi connectivity index (χ3v) is 4.17. The minimum Gasteiger partial charge on any atom is -0.493 e. The fourth-order valence-corrected chi connectivity index (χ4v) is 2.88. The van der Waals surface area contributed by atoms with Gasteiger partial charge in [0.2, 0.25) is 0 Å². The van der Waals surface area contributed by atoms with Crippen LogP contribution in [0.5, 0.6) is 11.5 Å². The van der Waals surface area contributed by atoms with Crippen LogP contribution >= 0.6 is 0 Å². The second kappa shape index (κ2) is 9.71. The van der Waals surface area contributed by atoms with Crippen molar-refractivity contribution in [3.8, 4) is 23.8 Å². The maximum atomic E-state index is 5.54. The van der Waals surface area contributed by atoms with Gasteiger partial charge in [-0.1, -0.05) is 31.2 Å². The van der Waals surface area contributed by atoms with E-state index in [1.165, 1.54) is 32.1 Å². The quantitative estimate of drug-likeness (QED) is 0.479. The molecule has 5 heteroatoms. The van der Waals surface area contributed by atoms with Crippen LogP contribution in [0, 0.1) is 12.3 Å². The summed E-state index contributed by atoms with van der Waals surface area (Å²) in [5.74, 6) is 4.64.